The van der Waals surface area contributed by atoms with Gasteiger partial charge in [0.1, 0.15) is 0 Å². The zero-order valence-electron chi connectivity index (χ0n) is 18.6. The number of thiazole rings is 1. The van der Waals surface area contributed by atoms with E-state index < -0.39 is 0 Å². The molecule has 0 bridgehead atoms. The number of benzene rings is 3. The SMILES string of the molecule is O=C(CCSc1nc(-c2ccccc2)c(-c2ccccc2)[nH]1)Nc1nc(-c2ccc(Br)cc2)cs1. The normalized spacial score (nSPS) is 10.9. The number of rotatable bonds is 8. The number of carbonyl (C=O) groups is 1. The van der Waals surface area contributed by atoms with E-state index in [1.807, 2.05) is 66.0 Å². The molecule has 0 saturated heterocycles. The van der Waals surface area contributed by atoms with E-state index in [1.165, 1.54) is 23.1 Å². The second kappa shape index (κ2) is 11.0. The average molecular weight is 562 g/mol. The van der Waals surface area contributed by atoms with E-state index >= 15 is 0 Å². The molecule has 2 N–H and O–H groups in total. The lowest BCUT2D eigenvalue weighted by atomic mass is 10.1. The van der Waals surface area contributed by atoms with Crippen LogP contribution in [0.3, 0.4) is 0 Å². The second-order valence-electron chi connectivity index (χ2n) is 7.69. The topological polar surface area (TPSA) is 70.7 Å². The minimum Gasteiger partial charge on any atom is -0.332 e. The van der Waals surface area contributed by atoms with Gasteiger partial charge in [-0.05, 0) is 12.1 Å². The number of halogens is 1. The van der Waals surface area contributed by atoms with E-state index in [0.29, 0.717) is 17.3 Å². The highest BCUT2D eigenvalue weighted by atomic mass is 79.9. The van der Waals surface area contributed by atoms with E-state index in [0.717, 1.165) is 43.4 Å². The molecule has 8 heteroatoms. The number of nitrogens with zero attached hydrogens (tertiary/aromatic N) is 2. The van der Waals surface area contributed by atoms with Crippen molar-refractivity contribution in [2.24, 2.45) is 0 Å². The standard InChI is InChI=1S/C27H21BrN4OS2/c28-21-13-11-18(12-14-21)22-17-35-26(29-22)30-23(33)15-16-34-27-31-24(19-7-3-1-4-8-19)25(32-27)20-9-5-2-6-10-20/h1-14,17H,15-16H2,(H,31,32)(H,29,30,33). The van der Waals surface area contributed by atoms with E-state index in [2.05, 4.69) is 55.5 Å². The number of aromatic nitrogens is 3. The maximum absolute atomic E-state index is 12.5. The van der Waals surface area contributed by atoms with E-state index in [1.54, 1.807) is 0 Å². The molecule has 0 fully saturated rings. The Labute approximate surface area is 220 Å². The predicted molar refractivity (Wildman–Crippen MR) is 149 cm³/mol. The summed E-state index contributed by atoms with van der Waals surface area (Å²) in [5.41, 5.74) is 5.89. The van der Waals surface area contributed by atoms with Crippen molar-refractivity contribution in [2.45, 2.75) is 11.6 Å². The van der Waals surface area contributed by atoms with Crippen LogP contribution in [0.1, 0.15) is 6.42 Å². The first-order valence-electron chi connectivity index (χ1n) is 11.0. The molecule has 5 rings (SSSR count). The van der Waals surface area contributed by atoms with Crippen LogP contribution < -0.4 is 5.32 Å². The quantitative estimate of drug-likeness (QED) is 0.190. The fourth-order valence-corrected chi connectivity index (χ4v) is 5.36. The lowest BCUT2D eigenvalue weighted by Gasteiger charge is -2.02. The fraction of sp³-hybridized carbons (Fsp3) is 0.0741. The Kier molecular flexibility index (Phi) is 7.42. The van der Waals surface area contributed by atoms with Gasteiger partial charge < -0.3 is 10.3 Å². The maximum atomic E-state index is 12.5. The van der Waals surface area contributed by atoms with Crippen LogP contribution >= 0.6 is 39.0 Å². The first kappa shape index (κ1) is 23.5. The highest BCUT2D eigenvalue weighted by molar-refractivity contribution is 9.10. The Morgan fingerprint density at radius 3 is 2.29 bits per heavy atom. The molecule has 0 radical (unpaired) electrons. The van der Waals surface area contributed by atoms with Crippen LogP contribution in [-0.4, -0.2) is 26.6 Å². The van der Waals surface area contributed by atoms with Gasteiger partial charge in [-0.3, -0.25) is 4.79 Å². The molecule has 2 heterocycles. The summed E-state index contributed by atoms with van der Waals surface area (Å²) < 4.78 is 1.02. The Bertz CT molecular complexity index is 1360. The molecule has 5 aromatic rings. The number of carbonyl (C=O) groups excluding carboxylic acids is 1. The average Bonchev–Trinajstić information content (AvgIpc) is 3.53. The van der Waals surface area contributed by atoms with Crippen molar-refractivity contribution in [3.8, 4) is 33.8 Å². The smallest absolute Gasteiger partial charge is 0.226 e. The third kappa shape index (κ3) is 5.90. The van der Waals surface area contributed by atoms with Crippen LogP contribution in [0.2, 0.25) is 0 Å². The van der Waals surface area contributed by atoms with E-state index in [4.69, 9.17) is 4.98 Å². The molecular formula is C27H21BrN4OS2. The number of anilines is 1. The summed E-state index contributed by atoms with van der Waals surface area (Å²) in [6.45, 7) is 0. The number of nitrogens with one attached hydrogen (secondary N) is 2. The minimum absolute atomic E-state index is 0.0627. The lowest BCUT2D eigenvalue weighted by Crippen LogP contribution is -2.12. The van der Waals surface area contributed by atoms with Crippen LogP contribution in [0, 0.1) is 0 Å². The van der Waals surface area contributed by atoms with Crippen molar-refractivity contribution in [1.29, 1.82) is 0 Å². The minimum atomic E-state index is -0.0627. The summed E-state index contributed by atoms with van der Waals surface area (Å²) in [5.74, 6) is 0.541. The fourth-order valence-electron chi connectivity index (χ4n) is 3.55. The molecule has 0 aliphatic carbocycles. The third-order valence-electron chi connectivity index (χ3n) is 5.25. The highest BCUT2D eigenvalue weighted by Crippen LogP contribution is 2.33. The van der Waals surface area contributed by atoms with Crippen molar-refractivity contribution in [2.75, 3.05) is 11.1 Å². The van der Waals surface area contributed by atoms with Gasteiger partial charge in [-0.25, -0.2) is 9.97 Å². The number of aromatic amines is 1. The van der Waals surface area contributed by atoms with Gasteiger partial charge in [0.15, 0.2) is 10.3 Å². The van der Waals surface area contributed by atoms with Gasteiger partial charge in [-0.1, -0.05) is 100 Å². The molecule has 3 aromatic carbocycles. The first-order valence-corrected chi connectivity index (χ1v) is 13.7. The van der Waals surface area contributed by atoms with E-state index in [9.17, 15) is 4.79 Å². The number of imidazole rings is 1. The van der Waals surface area contributed by atoms with Gasteiger partial charge in [0.05, 0.1) is 17.1 Å². The van der Waals surface area contributed by atoms with Crippen molar-refractivity contribution in [1.82, 2.24) is 15.0 Å². The molecule has 0 unspecified atom stereocenters. The summed E-state index contributed by atoms with van der Waals surface area (Å²) in [6.07, 6.45) is 0.361. The number of hydrogen-bond acceptors (Lipinski definition) is 5. The number of H-pyrrole nitrogens is 1. The monoisotopic (exact) mass is 560 g/mol. The molecule has 0 aliphatic rings. The molecule has 1 amide bonds. The zero-order valence-corrected chi connectivity index (χ0v) is 21.8. The molecule has 0 saturated carbocycles. The molecule has 0 spiro atoms. The maximum Gasteiger partial charge on any atom is 0.226 e. The molecule has 2 aromatic heterocycles. The second-order valence-corrected chi connectivity index (χ2v) is 10.5. The van der Waals surface area contributed by atoms with Gasteiger partial charge >= 0.3 is 0 Å². The third-order valence-corrected chi connectivity index (χ3v) is 7.41. The zero-order chi connectivity index (χ0) is 24.0. The summed E-state index contributed by atoms with van der Waals surface area (Å²) >= 11 is 6.41. The van der Waals surface area contributed by atoms with Crippen LogP contribution in [0.25, 0.3) is 33.8 Å². The van der Waals surface area contributed by atoms with Crippen LogP contribution in [0.15, 0.2) is 99.9 Å². The van der Waals surface area contributed by atoms with Crippen molar-refractivity contribution >= 4 is 50.1 Å². The summed E-state index contributed by atoms with van der Waals surface area (Å²) in [4.78, 5) is 25.4. The largest absolute Gasteiger partial charge is 0.332 e. The summed E-state index contributed by atoms with van der Waals surface area (Å²) in [6, 6.07) is 28.3. The Morgan fingerprint density at radius 2 is 1.57 bits per heavy atom. The molecule has 0 atom stereocenters. The van der Waals surface area contributed by atoms with Crippen LogP contribution in [0.5, 0.6) is 0 Å². The number of amides is 1. The summed E-state index contributed by atoms with van der Waals surface area (Å²) in [7, 11) is 0. The Hall–Kier alpha value is -3.20. The van der Waals surface area contributed by atoms with Crippen LogP contribution in [0.4, 0.5) is 5.13 Å². The lowest BCUT2D eigenvalue weighted by molar-refractivity contribution is -0.115. The highest BCUT2D eigenvalue weighted by Gasteiger charge is 2.15. The van der Waals surface area contributed by atoms with Crippen molar-refractivity contribution in [3.63, 3.8) is 0 Å². The van der Waals surface area contributed by atoms with Gasteiger partial charge in [-0.2, -0.15) is 0 Å². The van der Waals surface area contributed by atoms with Crippen LogP contribution in [-0.2, 0) is 4.79 Å². The molecule has 174 valence electrons. The Morgan fingerprint density at radius 1 is 0.886 bits per heavy atom. The van der Waals surface area contributed by atoms with Gasteiger partial charge in [0.25, 0.3) is 0 Å². The van der Waals surface area contributed by atoms with Gasteiger partial charge in [0.2, 0.25) is 5.91 Å². The van der Waals surface area contributed by atoms with Gasteiger partial charge in [-0.15, -0.1) is 11.3 Å². The molecular weight excluding hydrogens is 540 g/mol. The number of hydrogen-bond donors (Lipinski definition) is 2. The van der Waals surface area contributed by atoms with E-state index in [-0.39, 0.29) is 5.91 Å². The van der Waals surface area contributed by atoms with Crippen molar-refractivity contribution in [3.05, 3.63) is 94.8 Å². The molecule has 5 nitrogen and oxygen atoms in total. The van der Waals surface area contributed by atoms with Gasteiger partial charge in [0, 0.05) is 38.7 Å². The summed E-state index contributed by atoms with van der Waals surface area (Å²) in [5, 5.41) is 6.26. The van der Waals surface area contributed by atoms with Crippen molar-refractivity contribution < 1.29 is 4.79 Å². The number of thioether (sulfide) groups is 1. The molecule has 35 heavy (non-hydrogen) atoms. The Balaban J connectivity index is 1.22. The molecule has 0 aliphatic heterocycles. The first-order chi connectivity index (χ1) is 17.2. The predicted octanol–water partition coefficient (Wildman–Crippen LogP) is 7.75.